The lowest BCUT2D eigenvalue weighted by Crippen LogP contribution is -2.46. The second-order valence-corrected chi connectivity index (χ2v) is 8.78. The number of hydrogen-bond donors (Lipinski definition) is 0. The fraction of sp³-hybridized carbons (Fsp3) is 0.227. The second-order valence-electron chi connectivity index (χ2n) is 7.14. The van der Waals surface area contributed by atoms with Crippen LogP contribution in [-0.2, 0) is 6.54 Å². The molecule has 0 spiro atoms. The molecular weight excluding hydrogens is 398 g/mol. The standard InChI is InChI=1S/C22H21N5S2/c28-22-27(18-9-5-2-6-10-18)21-19(29-22)20(23-16-24-21)26-13-11-25(12-14-26)15-17-7-3-1-4-8-17/h1-10,16H,11-15H2. The minimum Gasteiger partial charge on any atom is -0.353 e. The second kappa shape index (κ2) is 8.02. The van der Waals surface area contributed by atoms with Gasteiger partial charge in [-0.1, -0.05) is 59.9 Å². The summed E-state index contributed by atoms with van der Waals surface area (Å²) in [6.45, 7) is 4.94. The fourth-order valence-corrected chi connectivity index (χ4v) is 5.22. The Hall–Kier alpha value is -2.61. The quantitative estimate of drug-likeness (QED) is 0.454. The molecule has 2 aromatic carbocycles. The minimum absolute atomic E-state index is 0.802. The molecule has 1 aliphatic rings. The predicted octanol–water partition coefficient (Wildman–Crippen LogP) is 4.53. The first kappa shape index (κ1) is 18.4. The van der Waals surface area contributed by atoms with Gasteiger partial charge in [-0.05, 0) is 29.9 Å². The Labute approximate surface area is 178 Å². The molecule has 1 fully saturated rings. The zero-order chi connectivity index (χ0) is 19.6. The smallest absolute Gasteiger partial charge is 0.168 e. The zero-order valence-electron chi connectivity index (χ0n) is 15.9. The zero-order valence-corrected chi connectivity index (χ0v) is 17.6. The maximum absolute atomic E-state index is 5.67. The van der Waals surface area contributed by atoms with Crippen molar-refractivity contribution < 1.29 is 0 Å². The van der Waals surface area contributed by atoms with Gasteiger partial charge in [-0.25, -0.2) is 9.97 Å². The van der Waals surface area contributed by atoms with Crippen LogP contribution in [0.5, 0.6) is 0 Å². The molecule has 29 heavy (non-hydrogen) atoms. The third kappa shape index (κ3) is 3.69. The van der Waals surface area contributed by atoms with Crippen molar-refractivity contribution in [2.24, 2.45) is 0 Å². The summed E-state index contributed by atoms with van der Waals surface area (Å²) in [5.41, 5.74) is 3.30. The SMILES string of the molecule is S=c1sc2c(N3CCN(Cc4ccccc4)CC3)ncnc2n1-c1ccccc1. The van der Waals surface area contributed by atoms with E-state index in [9.17, 15) is 0 Å². The van der Waals surface area contributed by atoms with E-state index in [1.165, 1.54) is 5.56 Å². The molecular formula is C22H21N5S2. The van der Waals surface area contributed by atoms with Gasteiger partial charge in [0.2, 0.25) is 0 Å². The van der Waals surface area contributed by atoms with Crippen LogP contribution in [0.4, 0.5) is 5.82 Å². The predicted molar refractivity (Wildman–Crippen MR) is 122 cm³/mol. The molecule has 5 rings (SSSR count). The van der Waals surface area contributed by atoms with Crippen LogP contribution in [-0.4, -0.2) is 45.6 Å². The fourth-order valence-electron chi connectivity index (χ4n) is 3.81. The number of para-hydroxylation sites is 1. The summed E-state index contributed by atoms with van der Waals surface area (Å²) in [6.07, 6.45) is 1.66. The van der Waals surface area contributed by atoms with Crippen LogP contribution in [0.15, 0.2) is 67.0 Å². The van der Waals surface area contributed by atoms with E-state index in [0.717, 1.165) is 58.5 Å². The van der Waals surface area contributed by atoms with Crippen LogP contribution in [0.1, 0.15) is 5.56 Å². The Morgan fingerprint density at radius 2 is 1.55 bits per heavy atom. The van der Waals surface area contributed by atoms with E-state index in [1.807, 2.05) is 22.8 Å². The van der Waals surface area contributed by atoms with E-state index in [4.69, 9.17) is 12.2 Å². The average Bonchev–Trinajstić information content (AvgIpc) is 3.11. The summed E-state index contributed by atoms with van der Waals surface area (Å²) in [5, 5.41) is 0. The summed E-state index contributed by atoms with van der Waals surface area (Å²) < 4.78 is 3.92. The third-order valence-corrected chi connectivity index (χ3v) is 6.64. The van der Waals surface area contributed by atoms with Crippen LogP contribution < -0.4 is 4.90 Å². The number of aromatic nitrogens is 3. The van der Waals surface area contributed by atoms with Crippen molar-refractivity contribution in [3.05, 3.63) is 76.5 Å². The first-order chi connectivity index (χ1) is 14.3. The minimum atomic E-state index is 0.802. The lowest BCUT2D eigenvalue weighted by Gasteiger charge is -2.35. The van der Waals surface area contributed by atoms with E-state index < -0.39 is 0 Å². The first-order valence-electron chi connectivity index (χ1n) is 9.73. The molecule has 0 saturated carbocycles. The van der Waals surface area contributed by atoms with Gasteiger partial charge in [0.05, 0.1) is 0 Å². The number of benzene rings is 2. The molecule has 1 aliphatic heterocycles. The van der Waals surface area contributed by atoms with E-state index >= 15 is 0 Å². The lowest BCUT2D eigenvalue weighted by atomic mass is 10.2. The largest absolute Gasteiger partial charge is 0.353 e. The van der Waals surface area contributed by atoms with Crippen LogP contribution in [0.25, 0.3) is 16.0 Å². The van der Waals surface area contributed by atoms with Gasteiger partial charge >= 0.3 is 0 Å². The van der Waals surface area contributed by atoms with E-state index in [1.54, 1.807) is 17.7 Å². The molecule has 0 radical (unpaired) electrons. The van der Waals surface area contributed by atoms with Crippen molar-refractivity contribution in [2.75, 3.05) is 31.1 Å². The van der Waals surface area contributed by atoms with Gasteiger partial charge in [0.15, 0.2) is 15.4 Å². The monoisotopic (exact) mass is 419 g/mol. The number of piperazine rings is 1. The van der Waals surface area contributed by atoms with Crippen molar-refractivity contribution in [1.82, 2.24) is 19.4 Å². The number of nitrogens with zero attached hydrogens (tertiary/aromatic N) is 5. The number of fused-ring (bicyclic) bond motifs is 1. The molecule has 0 unspecified atom stereocenters. The molecule has 5 nitrogen and oxygen atoms in total. The number of anilines is 1. The number of thiazole rings is 1. The molecule has 0 bridgehead atoms. The van der Waals surface area contributed by atoms with Gasteiger partial charge in [-0.3, -0.25) is 9.47 Å². The number of rotatable bonds is 4. The van der Waals surface area contributed by atoms with Gasteiger partial charge in [0.25, 0.3) is 0 Å². The van der Waals surface area contributed by atoms with Crippen molar-refractivity contribution in [3.63, 3.8) is 0 Å². The Kier molecular flexibility index (Phi) is 5.10. The highest BCUT2D eigenvalue weighted by atomic mass is 32.1. The molecule has 2 aromatic heterocycles. The summed E-state index contributed by atoms with van der Waals surface area (Å²) in [7, 11) is 0. The molecule has 4 aromatic rings. The Morgan fingerprint density at radius 3 is 2.28 bits per heavy atom. The molecule has 0 atom stereocenters. The topological polar surface area (TPSA) is 37.2 Å². The van der Waals surface area contributed by atoms with Crippen LogP contribution >= 0.6 is 23.6 Å². The normalized spacial score (nSPS) is 15.1. The summed E-state index contributed by atoms with van der Waals surface area (Å²) in [6, 6.07) is 20.8. The van der Waals surface area contributed by atoms with Gasteiger partial charge in [0, 0.05) is 38.4 Å². The van der Waals surface area contributed by atoms with Gasteiger partial charge < -0.3 is 4.90 Å². The maximum atomic E-state index is 5.67. The summed E-state index contributed by atoms with van der Waals surface area (Å²) >= 11 is 7.27. The first-order valence-corrected chi connectivity index (χ1v) is 11.0. The maximum Gasteiger partial charge on any atom is 0.168 e. The van der Waals surface area contributed by atoms with Gasteiger partial charge in [0.1, 0.15) is 11.0 Å². The van der Waals surface area contributed by atoms with E-state index in [-0.39, 0.29) is 0 Å². The highest BCUT2D eigenvalue weighted by Crippen LogP contribution is 2.32. The molecule has 0 N–H and O–H groups in total. The van der Waals surface area contributed by atoms with E-state index in [2.05, 4.69) is 62.2 Å². The summed E-state index contributed by atoms with van der Waals surface area (Å²) in [5.74, 6) is 1.00. The van der Waals surface area contributed by atoms with Crippen LogP contribution in [0.3, 0.4) is 0 Å². The van der Waals surface area contributed by atoms with Gasteiger partial charge in [-0.15, -0.1) is 0 Å². The van der Waals surface area contributed by atoms with Crippen molar-refractivity contribution in [1.29, 1.82) is 0 Å². The van der Waals surface area contributed by atoms with Crippen LogP contribution in [0.2, 0.25) is 0 Å². The Balaban J connectivity index is 1.40. The number of hydrogen-bond acceptors (Lipinski definition) is 6. The highest BCUT2D eigenvalue weighted by Gasteiger charge is 2.22. The molecule has 0 amide bonds. The van der Waals surface area contributed by atoms with E-state index in [0.29, 0.717) is 0 Å². The molecule has 1 saturated heterocycles. The molecule has 3 heterocycles. The molecule has 0 aliphatic carbocycles. The Morgan fingerprint density at radius 1 is 0.862 bits per heavy atom. The van der Waals surface area contributed by atoms with Crippen molar-refractivity contribution in [3.8, 4) is 5.69 Å². The van der Waals surface area contributed by atoms with Gasteiger partial charge in [-0.2, -0.15) is 0 Å². The lowest BCUT2D eigenvalue weighted by molar-refractivity contribution is 0.249. The van der Waals surface area contributed by atoms with Crippen LogP contribution in [0, 0.1) is 3.95 Å². The third-order valence-electron chi connectivity index (χ3n) is 5.29. The summed E-state index contributed by atoms with van der Waals surface area (Å²) in [4.78, 5) is 14.1. The van der Waals surface area contributed by atoms with Crippen molar-refractivity contribution in [2.45, 2.75) is 6.54 Å². The molecule has 146 valence electrons. The highest BCUT2D eigenvalue weighted by molar-refractivity contribution is 7.73. The van der Waals surface area contributed by atoms with Crippen molar-refractivity contribution >= 4 is 39.7 Å². The Bertz CT molecular complexity index is 1160. The molecule has 7 heteroatoms. The average molecular weight is 420 g/mol.